The minimum atomic E-state index is -3.77. The summed E-state index contributed by atoms with van der Waals surface area (Å²) in [5.74, 6) is 2.83. The summed E-state index contributed by atoms with van der Waals surface area (Å²) in [7, 11) is -3.77. The first-order chi connectivity index (χ1) is 12.5. The molecule has 1 amide bonds. The second-order valence-corrected chi connectivity index (χ2v) is 7.51. The van der Waals surface area contributed by atoms with Gasteiger partial charge in [-0.1, -0.05) is 53.9 Å². The van der Waals surface area contributed by atoms with E-state index in [1.54, 1.807) is 48.5 Å². The maximum absolute atomic E-state index is 12.7. The van der Waals surface area contributed by atoms with E-state index >= 15 is 0 Å². The van der Waals surface area contributed by atoms with Gasteiger partial charge in [0.1, 0.15) is 12.6 Å². The van der Waals surface area contributed by atoms with Crippen molar-refractivity contribution in [2.24, 2.45) is 0 Å². The fourth-order valence-electron chi connectivity index (χ4n) is 2.40. The van der Waals surface area contributed by atoms with Crippen LogP contribution < -0.4 is 4.72 Å². The van der Waals surface area contributed by atoms with Gasteiger partial charge in [0.05, 0.1) is 11.4 Å². The van der Waals surface area contributed by atoms with Crippen molar-refractivity contribution >= 4 is 16.1 Å². The van der Waals surface area contributed by atoms with Gasteiger partial charge < -0.3 is 4.74 Å². The Labute approximate surface area is 152 Å². The predicted octanol–water partition coefficient (Wildman–Crippen LogP) is 2.43. The minimum Gasteiger partial charge on any atom is -0.447 e. The van der Waals surface area contributed by atoms with Gasteiger partial charge in [-0.3, -0.25) is 0 Å². The van der Waals surface area contributed by atoms with Crippen LogP contribution in [0.15, 0.2) is 59.5 Å². The van der Waals surface area contributed by atoms with Crippen molar-refractivity contribution in [2.45, 2.75) is 17.9 Å². The van der Waals surface area contributed by atoms with Crippen LogP contribution in [0.1, 0.15) is 17.2 Å². The molecule has 6 nitrogen and oxygen atoms in total. The minimum absolute atomic E-state index is 0.159. The Balaban J connectivity index is 1.90. The Hall–Kier alpha value is -2.82. The Morgan fingerprint density at radius 2 is 1.81 bits per heavy atom. The summed E-state index contributed by atoms with van der Waals surface area (Å²) >= 11 is 0. The van der Waals surface area contributed by atoms with Crippen LogP contribution >= 0.6 is 0 Å². The predicted molar refractivity (Wildman–Crippen MR) is 96.5 cm³/mol. The van der Waals surface area contributed by atoms with Crippen molar-refractivity contribution in [1.29, 1.82) is 0 Å². The molecule has 1 aliphatic heterocycles. The second kappa shape index (κ2) is 7.60. The summed E-state index contributed by atoms with van der Waals surface area (Å²) in [6.45, 7) is 2.52. The van der Waals surface area contributed by atoms with Gasteiger partial charge in [0.25, 0.3) is 0 Å². The molecule has 1 N–H and O–H groups in total. The summed E-state index contributed by atoms with van der Waals surface area (Å²) in [5.41, 5.74) is 1.65. The molecule has 0 bridgehead atoms. The highest BCUT2D eigenvalue weighted by molar-refractivity contribution is 7.89. The van der Waals surface area contributed by atoms with Crippen molar-refractivity contribution < 1.29 is 17.9 Å². The zero-order valence-corrected chi connectivity index (χ0v) is 15.0. The molecular weight excluding hydrogens is 352 g/mol. The number of carbonyl (C=O) groups is 1. The molecular formula is C19H18N2O4S. The summed E-state index contributed by atoms with van der Waals surface area (Å²) in [6, 6.07) is 17.4. The lowest BCUT2D eigenvalue weighted by Crippen LogP contribution is -2.28. The molecule has 1 aliphatic rings. The Bertz CT molecular complexity index is 945. The van der Waals surface area contributed by atoms with Gasteiger partial charge in [0.2, 0.25) is 10.0 Å². The van der Waals surface area contributed by atoms with Crippen LogP contribution in [0.3, 0.4) is 0 Å². The number of sulfonamides is 1. The fourth-order valence-corrected chi connectivity index (χ4v) is 3.54. The average Bonchev–Trinajstić information content (AvgIpc) is 3.04. The summed E-state index contributed by atoms with van der Waals surface area (Å²) in [4.78, 5) is 12.9. The van der Waals surface area contributed by atoms with Crippen LogP contribution in [-0.2, 0) is 14.8 Å². The van der Waals surface area contributed by atoms with Gasteiger partial charge in [-0.05, 0) is 24.6 Å². The highest BCUT2D eigenvalue weighted by Gasteiger charge is 2.22. The van der Waals surface area contributed by atoms with E-state index in [2.05, 4.69) is 16.7 Å². The highest BCUT2D eigenvalue weighted by atomic mass is 32.2. The number of hydrogen-bond acceptors (Lipinski definition) is 4. The van der Waals surface area contributed by atoms with Crippen LogP contribution in [0.4, 0.5) is 4.79 Å². The van der Waals surface area contributed by atoms with Crippen LogP contribution in [0.25, 0.3) is 0 Å². The number of nitrogens with zero attached hydrogens (tertiary/aromatic N) is 1. The van der Waals surface area contributed by atoms with Crippen molar-refractivity contribution in [3.05, 3.63) is 65.7 Å². The van der Waals surface area contributed by atoms with Crippen LogP contribution in [0.2, 0.25) is 0 Å². The SMILES string of the molecule is Cc1ccc(S(=O)(=O)NC(C#CN2CCOC2=O)c2ccccc2)cc1. The van der Waals surface area contributed by atoms with Gasteiger partial charge in [-0.15, -0.1) is 0 Å². The molecule has 3 rings (SSSR count). The maximum Gasteiger partial charge on any atom is 0.421 e. The van der Waals surface area contributed by atoms with Gasteiger partial charge in [-0.2, -0.15) is 4.72 Å². The molecule has 1 atom stereocenters. The molecule has 0 aromatic heterocycles. The van der Waals surface area contributed by atoms with Gasteiger partial charge in [0.15, 0.2) is 0 Å². The van der Waals surface area contributed by atoms with Gasteiger partial charge in [-0.25, -0.2) is 18.1 Å². The number of amides is 1. The number of cyclic esters (lactones) is 1. The molecule has 7 heteroatoms. The lowest BCUT2D eigenvalue weighted by Gasteiger charge is -2.14. The second-order valence-electron chi connectivity index (χ2n) is 5.80. The summed E-state index contributed by atoms with van der Waals surface area (Å²) < 4.78 is 32.8. The van der Waals surface area contributed by atoms with Crippen LogP contribution in [-0.4, -0.2) is 32.6 Å². The van der Waals surface area contributed by atoms with Crippen molar-refractivity contribution in [2.75, 3.05) is 13.2 Å². The molecule has 1 unspecified atom stereocenters. The van der Waals surface area contributed by atoms with E-state index in [-0.39, 0.29) is 11.5 Å². The van der Waals surface area contributed by atoms with E-state index in [4.69, 9.17) is 4.74 Å². The van der Waals surface area contributed by atoms with Crippen LogP contribution in [0.5, 0.6) is 0 Å². The summed E-state index contributed by atoms with van der Waals surface area (Å²) in [5, 5.41) is 0. The lowest BCUT2D eigenvalue weighted by molar-refractivity contribution is 0.167. The summed E-state index contributed by atoms with van der Waals surface area (Å²) in [6.07, 6.45) is -0.522. The zero-order valence-electron chi connectivity index (χ0n) is 14.2. The largest absolute Gasteiger partial charge is 0.447 e. The molecule has 1 saturated heterocycles. The smallest absolute Gasteiger partial charge is 0.421 e. The molecule has 26 heavy (non-hydrogen) atoms. The first kappa shape index (κ1) is 18.0. The topological polar surface area (TPSA) is 75.7 Å². The normalized spacial score (nSPS) is 15.1. The average molecular weight is 370 g/mol. The molecule has 0 radical (unpaired) electrons. The number of benzene rings is 2. The first-order valence-corrected chi connectivity index (χ1v) is 9.53. The standard InChI is InChI=1S/C19H18N2O4S/c1-15-7-9-17(10-8-15)26(23,24)20-18(16-5-3-2-4-6-16)11-12-21-13-14-25-19(21)22/h2-10,18,20H,13-14H2,1H3. The zero-order chi connectivity index (χ0) is 18.6. The number of rotatable bonds is 4. The molecule has 1 fully saturated rings. The van der Waals surface area contributed by atoms with Crippen molar-refractivity contribution in [3.8, 4) is 12.0 Å². The monoisotopic (exact) mass is 370 g/mol. The third-order valence-electron chi connectivity index (χ3n) is 3.84. The Kier molecular flexibility index (Phi) is 5.26. The molecule has 2 aromatic rings. The molecule has 0 aliphatic carbocycles. The molecule has 0 saturated carbocycles. The van der Waals surface area contributed by atoms with Crippen LogP contribution in [0, 0.1) is 18.9 Å². The molecule has 0 spiro atoms. The van der Waals surface area contributed by atoms with Crippen molar-refractivity contribution in [1.82, 2.24) is 9.62 Å². The highest BCUT2D eigenvalue weighted by Crippen LogP contribution is 2.17. The van der Waals surface area contributed by atoms with Gasteiger partial charge in [0, 0.05) is 6.04 Å². The fraction of sp³-hybridized carbons (Fsp3) is 0.211. The van der Waals surface area contributed by atoms with E-state index in [9.17, 15) is 13.2 Å². The molecule has 134 valence electrons. The number of aryl methyl sites for hydroxylation is 1. The Morgan fingerprint density at radius 3 is 2.42 bits per heavy atom. The van der Waals surface area contributed by atoms with E-state index in [1.807, 2.05) is 13.0 Å². The number of hydrogen-bond donors (Lipinski definition) is 1. The van der Waals surface area contributed by atoms with Gasteiger partial charge >= 0.3 is 6.09 Å². The van der Waals surface area contributed by atoms with E-state index in [1.165, 1.54) is 4.90 Å². The lowest BCUT2D eigenvalue weighted by atomic mass is 10.1. The molecule has 2 aromatic carbocycles. The quantitative estimate of drug-likeness (QED) is 0.839. The number of nitrogens with one attached hydrogen (secondary N) is 1. The number of carbonyl (C=O) groups excluding carboxylic acids is 1. The van der Waals surface area contributed by atoms with E-state index < -0.39 is 22.2 Å². The van der Waals surface area contributed by atoms with Crippen molar-refractivity contribution in [3.63, 3.8) is 0 Å². The van der Waals surface area contributed by atoms with E-state index in [0.717, 1.165) is 5.56 Å². The molecule has 1 heterocycles. The third-order valence-corrected chi connectivity index (χ3v) is 5.28. The Morgan fingerprint density at radius 1 is 1.12 bits per heavy atom. The first-order valence-electron chi connectivity index (χ1n) is 8.05. The maximum atomic E-state index is 12.7. The third kappa shape index (κ3) is 4.23. The van der Waals surface area contributed by atoms with E-state index in [0.29, 0.717) is 12.1 Å². The number of ether oxygens (including phenoxy) is 1.